The SMILES string of the molecule is C=C[C@H]1CN2CC[C@H]1C[C@@H]2[C@@H](O)c1ccnc2ccc(OC)cc12.O=C(O)[C@H]1O[C@H](O)[C@H](O)[C@@H](O)[C@@H]1O. The van der Waals surface area contributed by atoms with Crippen LogP contribution in [-0.2, 0) is 9.53 Å². The summed E-state index contributed by atoms with van der Waals surface area (Å²) >= 11 is 0. The van der Waals surface area contributed by atoms with Crippen molar-refractivity contribution < 1.29 is 44.9 Å². The summed E-state index contributed by atoms with van der Waals surface area (Å²) in [5.74, 6) is 0.491. The number of rotatable bonds is 5. The third-order valence-corrected chi connectivity index (χ3v) is 7.65. The molecule has 4 saturated heterocycles. The second-order valence-corrected chi connectivity index (χ2v) is 9.73. The zero-order valence-electron chi connectivity index (χ0n) is 20.5. The Balaban J connectivity index is 0.000000209. The van der Waals surface area contributed by atoms with Crippen LogP contribution >= 0.6 is 0 Å². The van der Waals surface area contributed by atoms with Crippen molar-refractivity contribution in [1.82, 2.24) is 9.88 Å². The number of hydrogen-bond acceptors (Lipinski definition) is 10. The maximum atomic E-state index is 11.2. The molecule has 10 atom stereocenters. The highest BCUT2D eigenvalue weighted by molar-refractivity contribution is 5.84. The molecule has 11 nitrogen and oxygen atoms in total. The highest BCUT2D eigenvalue weighted by atomic mass is 16.6. The van der Waals surface area contributed by atoms with Crippen molar-refractivity contribution in [1.29, 1.82) is 0 Å². The van der Waals surface area contributed by atoms with E-state index in [1.807, 2.05) is 24.3 Å². The van der Waals surface area contributed by atoms with Crippen LogP contribution < -0.4 is 4.74 Å². The lowest BCUT2D eigenvalue weighted by molar-refractivity contribution is -0.279. The number of fused-ring (bicyclic) bond motifs is 4. The smallest absolute Gasteiger partial charge is 0.335 e. The molecule has 2 bridgehead atoms. The highest BCUT2D eigenvalue weighted by Gasteiger charge is 2.46. The Labute approximate surface area is 214 Å². The Morgan fingerprint density at radius 1 is 1.22 bits per heavy atom. The predicted octanol–water partition coefficient (Wildman–Crippen LogP) is 0.0441. The average Bonchev–Trinajstić information content (AvgIpc) is 2.93. The molecule has 1 aromatic heterocycles. The molecule has 4 aliphatic rings. The predicted molar refractivity (Wildman–Crippen MR) is 132 cm³/mol. The number of aliphatic hydroxyl groups is 5. The van der Waals surface area contributed by atoms with Crippen LogP contribution in [0.4, 0.5) is 0 Å². The van der Waals surface area contributed by atoms with Crippen LogP contribution in [0.25, 0.3) is 10.9 Å². The Bertz CT molecular complexity index is 1110. The minimum Gasteiger partial charge on any atom is -0.497 e. The molecule has 37 heavy (non-hydrogen) atoms. The van der Waals surface area contributed by atoms with Gasteiger partial charge in [-0.3, -0.25) is 9.88 Å². The fourth-order valence-corrected chi connectivity index (χ4v) is 5.51. The second-order valence-electron chi connectivity index (χ2n) is 9.73. The monoisotopic (exact) mass is 518 g/mol. The van der Waals surface area contributed by atoms with E-state index in [-0.39, 0.29) is 6.04 Å². The first-order valence-corrected chi connectivity index (χ1v) is 12.2. The molecule has 202 valence electrons. The van der Waals surface area contributed by atoms with Gasteiger partial charge in [0.15, 0.2) is 12.4 Å². The number of methoxy groups -OCH3 is 1. The second kappa shape index (κ2) is 11.4. The number of pyridine rings is 1. The number of piperidine rings is 3. The summed E-state index contributed by atoms with van der Waals surface area (Å²) in [4.78, 5) is 17.2. The van der Waals surface area contributed by atoms with Crippen LogP contribution in [0.5, 0.6) is 5.75 Å². The molecule has 2 aromatic rings. The van der Waals surface area contributed by atoms with Crippen LogP contribution in [0, 0.1) is 11.8 Å². The molecule has 6 rings (SSSR count). The number of benzene rings is 1. The Morgan fingerprint density at radius 2 is 1.97 bits per heavy atom. The number of aliphatic carboxylic acids is 1. The van der Waals surface area contributed by atoms with Gasteiger partial charge in [-0.05, 0) is 61.1 Å². The van der Waals surface area contributed by atoms with E-state index < -0.39 is 42.8 Å². The van der Waals surface area contributed by atoms with E-state index in [0.29, 0.717) is 11.8 Å². The molecule has 0 amide bonds. The van der Waals surface area contributed by atoms with Crippen LogP contribution in [0.3, 0.4) is 0 Å². The third kappa shape index (κ3) is 5.48. The molecule has 0 radical (unpaired) electrons. The number of carbonyl (C=O) groups is 1. The van der Waals surface area contributed by atoms with Gasteiger partial charge in [0.05, 0.1) is 18.7 Å². The zero-order chi connectivity index (χ0) is 26.9. The zero-order valence-corrected chi connectivity index (χ0v) is 20.5. The van der Waals surface area contributed by atoms with Crippen molar-refractivity contribution >= 4 is 16.9 Å². The molecule has 0 aliphatic carbocycles. The lowest BCUT2D eigenvalue weighted by atomic mass is 9.73. The van der Waals surface area contributed by atoms with Gasteiger partial charge in [0, 0.05) is 24.2 Å². The van der Waals surface area contributed by atoms with Gasteiger partial charge >= 0.3 is 5.97 Å². The van der Waals surface area contributed by atoms with Gasteiger partial charge in [0.1, 0.15) is 24.1 Å². The summed E-state index contributed by atoms with van der Waals surface area (Å²) in [5.41, 5.74) is 1.85. The summed E-state index contributed by atoms with van der Waals surface area (Å²) in [5, 5.41) is 56.5. The summed E-state index contributed by atoms with van der Waals surface area (Å²) in [6, 6.07) is 7.96. The van der Waals surface area contributed by atoms with Crippen molar-refractivity contribution in [3.05, 3.63) is 48.7 Å². The summed E-state index contributed by atoms with van der Waals surface area (Å²) in [6.45, 7) is 6.07. The number of aromatic nitrogens is 1. The topological polar surface area (TPSA) is 173 Å². The molecule has 1 unspecified atom stereocenters. The summed E-state index contributed by atoms with van der Waals surface area (Å²) < 4.78 is 9.69. The Hall–Kier alpha value is -2.64. The van der Waals surface area contributed by atoms with Gasteiger partial charge < -0.3 is 40.1 Å². The summed E-state index contributed by atoms with van der Waals surface area (Å²) in [6.07, 6.45) is -3.10. The van der Waals surface area contributed by atoms with Gasteiger partial charge in [-0.2, -0.15) is 0 Å². The molecule has 6 N–H and O–H groups in total. The van der Waals surface area contributed by atoms with E-state index in [4.69, 9.17) is 30.3 Å². The standard InChI is InChI=1S/C20H24N2O2.C6H10O7/c1-3-13-12-22-9-7-14(13)10-19(22)20(23)16-6-8-21-18-5-4-15(24-2)11-17(16)18;7-1-2(8)4(5(10)11)13-6(12)3(1)9/h3-6,8,11,13-14,19-20,23H,1,7,9-10,12H2,2H3;1-4,6-9,12H,(H,10,11)/t13-,14-,19+,20-;1-,2-,3+,4-,6-/m00/s1. The van der Waals surface area contributed by atoms with Crippen molar-refractivity contribution in [3.8, 4) is 5.75 Å². The Kier molecular flexibility index (Phi) is 8.44. The van der Waals surface area contributed by atoms with Crippen molar-refractivity contribution in [2.75, 3.05) is 20.2 Å². The van der Waals surface area contributed by atoms with Gasteiger partial charge in [0.2, 0.25) is 0 Å². The molecule has 11 heteroatoms. The van der Waals surface area contributed by atoms with E-state index in [9.17, 15) is 9.90 Å². The molecule has 5 heterocycles. The fraction of sp³-hybridized carbons (Fsp3) is 0.538. The van der Waals surface area contributed by atoms with Gasteiger partial charge in [0.25, 0.3) is 0 Å². The molecule has 0 saturated carbocycles. The minimum atomic E-state index is -1.81. The number of ether oxygens (including phenoxy) is 2. The van der Waals surface area contributed by atoms with E-state index in [1.165, 1.54) is 6.42 Å². The van der Waals surface area contributed by atoms with E-state index >= 15 is 0 Å². The first-order chi connectivity index (χ1) is 17.7. The Morgan fingerprint density at radius 3 is 2.59 bits per heavy atom. The molecule has 4 fully saturated rings. The normalized spacial score (nSPS) is 35.8. The molecule has 1 aromatic carbocycles. The van der Waals surface area contributed by atoms with E-state index in [1.54, 1.807) is 13.3 Å². The molecular weight excluding hydrogens is 484 g/mol. The van der Waals surface area contributed by atoms with Crippen LogP contribution in [0.1, 0.15) is 24.5 Å². The van der Waals surface area contributed by atoms with Gasteiger partial charge in [-0.25, -0.2) is 4.79 Å². The lowest BCUT2D eigenvalue weighted by Gasteiger charge is -2.50. The summed E-state index contributed by atoms with van der Waals surface area (Å²) in [7, 11) is 1.66. The number of aliphatic hydroxyl groups excluding tert-OH is 5. The van der Waals surface area contributed by atoms with Gasteiger partial charge in [-0.1, -0.05) is 6.08 Å². The molecule has 0 spiro atoms. The average molecular weight is 519 g/mol. The minimum absolute atomic E-state index is 0.178. The van der Waals surface area contributed by atoms with Crippen molar-refractivity contribution in [2.45, 2.75) is 55.7 Å². The maximum absolute atomic E-state index is 11.2. The van der Waals surface area contributed by atoms with E-state index in [0.717, 1.165) is 41.7 Å². The molecule has 4 aliphatic heterocycles. The highest BCUT2D eigenvalue weighted by Crippen LogP contribution is 2.42. The van der Waals surface area contributed by atoms with E-state index in [2.05, 4.69) is 27.3 Å². The maximum Gasteiger partial charge on any atom is 0.335 e. The fourth-order valence-electron chi connectivity index (χ4n) is 5.51. The number of hydrogen-bond donors (Lipinski definition) is 6. The molecular formula is C26H34N2O9. The quantitative estimate of drug-likeness (QED) is 0.295. The van der Waals surface area contributed by atoms with Gasteiger partial charge in [-0.15, -0.1) is 6.58 Å². The van der Waals surface area contributed by atoms with Crippen molar-refractivity contribution in [3.63, 3.8) is 0 Å². The first kappa shape index (κ1) is 27.4. The largest absolute Gasteiger partial charge is 0.497 e. The lowest BCUT2D eigenvalue weighted by Crippen LogP contribution is -2.59. The van der Waals surface area contributed by atoms with Crippen molar-refractivity contribution in [2.24, 2.45) is 11.8 Å². The van der Waals surface area contributed by atoms with Crippen LogP contribution in [0.2, 0.25) is 0 Å². The first-order valence-electron chi connectivity index (χ1n) is 12.2. The third-order valence-electron chi connectivity index (χ3n) is 7.65. The number of carboxylic acid groups (broad SMARTS) is 1. The van der Waals surface area contributed by atoms with Crippen LogP contribution in [-0.4, -0.2) is 103 Å². The number of nitrogens with zero attached hydrogens (tertiary/aromatic N) is 2. The number of carboxylic acids is 1. The van der Waals surface area contributed by atoms with Crippen LogP contribution in [0.15, 0.2) is 43.1 Å².